The summed E-state index contributed by atoms with van der Waals surface area (Å²) >= 11 is 0. The topological polar surface area (TPSA) is 69.1 Å². The molecule has 2 aliphatic rings. The highest BCUT2D eigenvalue weighted by Crippen LogP contribution is 2.30. The smallest absolute Gasteiger partial charge is 0.231 e. The number of benzene rings is 1. The summed E-state index contributed by atoms with van der Waals surface area (Å²) < 4.78 is 29.5. The Hall–Kier alpha value is -2.71. The molecule has 184 valence electrons. The predicted molar refractivity (Wildman–Crippen MR) is 135 cm³/mol. The fourth-order valence-corrected chi connectivity index (χ4v) is 4.42. The van der Waals surface area contributed by atoms with E-state index in [1.165, 1.54) is 12.4 Å². The van der Waals surface area contributed by atoms with E-state index in [1.807, 2.05) is 32.1 Å². The van der Waals surface area contributed by atoms with E-state index in [-0.39, 0.29) is 36.8 Å². The summed E-state index contributed by atoms with van der Waals surface area (Å²) in [6, 6.07) is 2.87. The lowest BCUT2D eigenvalue weighted by atomic mass is 9.89. The van der Waals surface area contributed by atoms with Crippen LogP contribution in [-0.2, 0) is 17.8 Å². The number of likely N-dealkylation sites (N-methyl/N-ethyl adjacent to an activating group) is 1. The lowest BCUT2D eigenvalue weighted by molar-refractivity contribution is -0.117. The number of fused-ring (bicyclic) bond motifs is 1. The molecule has 0 unspecified atom stereocenters. The molecule has 2 N–H and O–H groups in total. The second-order valence-corrected chi connectivity index (χ2v) is 8.90. The van der Waals surface area contributed by atoms with Gasteiger partial charge in [0, 0.05) is 56.2 Å². The number of hydrogen-bond donors (Lipinski definition) is 2. The maximum Gasteiger partial charge on any atom is 0.231 e. The van der Waals surface area contributed by atoms with Crippen molar-refractivity contribution in [2.75, 3.05) is 25.5 Å². The molecule has 1 heterocycles. The molecule has 1 aliphatic carbocycles. The van der Waals surface area contributed by atoms with Crippen LogP contribution in [0.5, 0.6) is 0 Å². The van der Waals surface area contributed by atoms with E-state index in [1.54, 1.807) is 25.1 Å². The molecule has 0 aromatic heterocycles. The SMILES string of the molecule is C/C=C\C=C(\CN[C@@H]1CC[C@@H](NCc2cc3c(cc2F)CC(=O)N3C)[C@@H](F)C1)C(C)=NC=NC. The Bertz CT molecular complexity index is 1000. The minimum absolute atomic E-state index is 0.0437. The van der Waals surface area contributed by atoms with Gasteiger partial charge >= 0.3 is 0 Å². The zero-order valence-electron chi connectivity index (χ0n) is 20.4. The third-order valence-corrected chi connectivity index (χ3v) is 6.55. The number of alkyl halides is 1. The van der Waals surface area contributed by atoms with Gasteiger partial charge < -0.3 is 15.5 Å². The fourth-order valence-electron chi connectivity index (χ4n) is 4.42. The first-order chi connectivity index (χ1) is 16.3. The van der Waals surface area contributed by atoms with E-state index in [0.717, 1.165) is 23.4 Å². The van der Waals surface area contributed by atoms with Crippen molar-refractivity contribution in [2.45, 2.75) is 64.3 Å². The van der Waals surface area contributed by atoms with Gasteiger partial charge in [-0.25, -0.2) is 13.8 Å². The second-order valence-electron chi connectivity index (χ2n) is 8.90. The monoisotopic (exact) mass is 471 g/mol. The van der Waals surface area contributed by atoms with Gasteiger partial charge in [-0.3, -0.25) is 9.79 Å². The number of amides is 1. The molecule has 1 aromatic rings. The zero-order chi connectivity index (χ0) is 24.7. The molecule has 1 aliphatic heterocycles. The van der Waals surface area contributed by atoms with Gasteiger partial charge in [0.2, 0.25) is 5.91 Å². The Kier molecular flexibility index (Phi) is 9.24. The van der Waals surface area contributed by atoms with Crippen LogP contribution in [0.25, 0.3) is 0 Å². The summed E-state index contributed by atoms with van der Waals surface area (Å²) in [6.45, 7) is 4.72. The standard InChI is InChI=1S/C26H35F2N5O/c1-5-6-7-18(17(2)32-16-29-3)14-30-21-8-9-24(23(28)13-21)31-15-20-11-25-19(10-22(20)27)12-26(34)33(25)4/h5-7,10-11,16,21,23-24,30-31H,8-9,12-15H2,1-4H3/b6-5-,18-7-,29-16?,32-17?/t21-,23+,24-/m1/s1. The molecule has 1 fully saturated rings. The molecule has 0 bridgehead atoms. The number of aliphatic imine (C=N–C) groups is 2. The van der Waals surface area contributed by atoms with Crippen LogP contribution in [0, 0.1) is 5.82 Å². The third-order valence-electron chi connectivity index (χ3n) is 6.55. The van der Waals surface area contributed by atoms with E-state index in [4.69, 9.17) is 0 Å². The molecule has 1 aromatic carbocycles. The quantitative estimate of drug-likeness (QED) is 0.326. The number of halogens is 2. The van der Waals surface area contributed by atoms with E-state index < -0.39 is 6.17 Å². The van der Waals surface area contributed by atoms with Crippen LogP contribution in [0.4, 0.5) is 14.5 Å². The Balaban J connectivity index is 1.53. The molecule has 3 atom stereocenters. The molecular weight excluding hydrogens is 436 g/mol. The van der Waals surface area contributed by atoms with Crippen LogP contribution in [0.2, 0.25) is 0 Å². The number of carbonyl (C=O) groups excluding carboxylic acids is 1. The average molecular weight is 472 g/mol. The summed E-state index contributed by atoms with van der Waals surface area (Å²) in [6.07, 6.45) is 8.52. The lowest BCUT2D eigenvalue weighted by Crippen LogP contribution is -2.47. The van der Waals surface area contributed by atoms with Gasteiger partial charge in [-0.1, -0.05) is 18.2 Å². The van der Waals surface area contributed by atoms with Crippen molar-refractivity contribution in [3.63, 3.8) is 0 Å². The van der Waals surface area contributed by atoms with Crippen LogP contribution >= 0.6 is 0 Å². The van der Waals surface area contributed by atoms with E-state index in [9.17, 15) is 13.6 Å². The molecule has 0 saturated heterocycles. The van der Waals surface area contributed by atoms with Crippen molar-refractivity contribution < 1.29 is 13.6 Å². The summed E-state index contributed by atoms with van der Waals surface area (Å²) in [5, 5.41) is 6.67. The Labute approximate surface area is 200 Å². The van der Waals surface area contributed by atoms with Crippen molar-refractivity contribution in [3.8, 4) is 0 Å². The van der Waals surface area contributed by atoms with Crippen molar-refractivity contribution in [3.05, 3.63) is 52.9 Å². The summed E-state index contributed by atoms with van der Waals surface area (Å²) in [4.78, 5) is 21.6. The molecule has 6 nitrogen and oxygen atoms in total. The zero-order valence-corrected chi connectivity index (χ0v) is 20.4. The number of hydrogen-bond acceptors (Lipinski definition) is 4. The van der Waals surface area contributed by atoms with E-state index >= 15 is 0 Å². The Morgan fingerprint density at radius 3 is 2.79 bits per heavy atom. The van der Waals surface area contributed by atoms with Gasteiger partial charge in [-0.15, -0.1) is 0 Å². The number of nitrogens with zero attached hydrogens (tertiary/aromatic N) is 3. The molecule has 0 radical (unpaired) electrons. The average Bonchev–Trinajstić information content (AvgIpc) is 3.09. The highest BCUT2D eigenvalue weighted by molar-refractivity contribution is 6.02. The Morgan fingerprint density at radius 2 is 2.09 bits per heavy atom. The van der Waals surface area contributed by atoms with Crippen LogP contribution in [-0.4, -0.2) is 56.9 Å². The van der Waals surface area contributed by atoms with Crippen LogP contribution in [0.1, 0.15) is 44.2 Å². The third kappa shape index (κ3) is 6.45. The lowest BCUT2D eigenvalue weighted by Gasteiger charge is -2.33. The summed E-state index contributed by atoms with van der Waals surface area (Å²) in [7, 11) is 3.37. The van der Waals surface area contributed by atoms with Crippen molar-refractivity contribution in [1.29, 1.82) is 0 Å². The number of rotatable bonds is 9. The van der Waals surface area contributed by atoms with Gasteiger partial charge in [-0.2, -0.15) is 0 Å². The first kappa shape index (κ1) is 25.9. The van der Waals surface area contributed by atoms with Crippen LogP contribution in [0.3, 0.4) is 0 Å². The molecule has 0 spiro atoms. The van der Waals surface area contributed by atoms with Crippen LogP contribution < -0.4 is 15.5 Å². The molecular formula is C26H35F2N5O. The molecule has 34 heavy (non-hydrogen) atoms. The van der Waals surface area contributed by atoms with Crippen molar-refractivity contribution >= 4 is 23.6 Å². The predicted octanol–water partition coefficient (Wildman–Crippen LogP) is 3.90. The van der Waals surface area contributed by atoms with Gasteiger partial charge in [0.25, 0.3) is 0 Å². The highest BCUT2D eigenvalue weighted by Gasteiger charge is 2.31. The summed E-state index contributed by atoms with van der Waals surface area (Å²) in [5.41, 5.74) is 3.79. The minimum atomic E-state index is -1.03. The number of allylic oxidation sites excluding steroid dienone is 3. The largest absolute Gasteiger partial charge is 0.315 e. The highest BCUT2D eigenvalue weighted by atomic mass is 19.1. The van der Waals surface area contributed by atoms with Gasteiger partial charge in [0.05, 0.1) is 6.42 Å². The van der Waals surface area contributed by atoms with Gasteiger partial charge in [-0.05, 0) is 56.4 Å². The van der Waals surface area contributed by atoms with E-state index in [2.05, 4.69) is 20.6 Å². The number of carbonyl (C=O) groups is 1. The first-order valence-electron chi connectivity index (χ1n) is 11.8. The molecule has 1 saturated carbocycles. The van der Waals surface area contributed by atoms with Crippen molar-refractivity contribution in [2.24, 2.45) is 9.98 Å². The first-order valence-corrected chi connectivity index (χ1v) is 11.8. The second kappa shape index (κ2) is 12.1. The number of anilines is 1. The van der Waals surface area contributed by atoms with Gasteiger partial charge in [0.1, 0.15) is 18.3 Å². The maximum atomic E-state index is 15.0. The number of nitrogens with one attached hydrogen (secondary N) is 2. The molecule has 3 rings (SSSR count). The molecule has 8 heteroatoms. The van der Waals surface area contributed by atoms with E-state index in [0.29, 0.717) is 30.5 Å². The normalized spacial score (nSPS) is 24.0. The minimum Gasteiger partial charge on any atom is -0.315 e. The summed E-state index contributed by atoms with van der Waals surface area (Å²) in [5.74, 6) is -0.399. The maximum absolute atomic E-state index is 15.0. The Morgan fingerprint density at radius 1 is 1.29 bits per heavy atom. The van der Waals surface area contributed by atoms with Gasteiger partial charge in [0.15, 0.2) is 0 Å². The fraction of sp³-hybridized carbons (Fsp3) is 0.500. The molecule has 1 amide bonds. The van der Waals surface area contributed by atoms with Crippen molar-refractivity contribution in [1.82, 2.24) is 10.6 Å². The van der Waals surface area contributed by atoms with Crippen LogP contribution in [0.15, 0.2) is 45.9 Å².